The minimum Gasteiger partial charge on any atom is -0.459 e. The van der Waals surface area contributed by atoms with Gasteiger partial charge >= 0.3 is 0 Å². The lowest BCUT2D eigenvalue weighted by Gasteiger charge is -2.14. The van der Waals surface area contributed by atoms with Gasteiger partial charge in [-0.25, -0.2) is 0 Å². The standard InChI is InChI=1S/C14H18BrNOS/c1-9(18-3)8-16-10(2)14-7-11-6-12(15)4-5-13(11)17-14/h4-7,9-10,16H,8H2,1-3H3. The maximum absolute atomic E-state index is 5.86. The molecule has 0 aliphatic rings. The Bertz CT molecular complexity index is 525. The molecule has 4 heteroatoms. The molecular weight excluding hydrogens is 310 g/mol. The molecule has 2 unspecified atom stereocenters. The monoisotopic (exact) mass is 327 g/mol. The van der Waals surface area contributed by atoms with Crippen LogP contribution in [0.15, 0.2) is 33.2 Å². The van der Waals surface area contributed by atoms with E-state index < -0.39 is 0 Å². The summed E-state index contributed by atoms with van der Waals surface area (Å²) in [6.07, 6.45) is 2.13. The third-order valence-corrected chi connectivity index (χ3v) is 4.50. The summed E-state index contributed by atoms with van der Waals surface area (Å²) >= 11 is 5.35. The molecule has 0 bridgehead atoms. The average Bonchev–Trinajstić information content (AvgIpc) is 2.78. The number of fused-ring (bicyclic) bond motifs is 1. The fourth-order valence-corrected chi connectivity index (χ4v) is 2.42. The van der Waals surface area contributed by atoms with Gasteiger partial charge in [-0.15, -0.1) is 0 Å². The minimum atomic E-state index is 0.241. The van der Waals surface area contributed by atoms with Crippen molar-refractivity contribution in [2.75, 3.05) is 12.8 Å². The number of hydrogen-bond acceptors (Lipinski definition) is 3. The van der Waals surface area contributed by atoms with Gasteiger partial charge in [0.05, 0.1) is 6.04 Å². The molecule has 1 aromatic carbocycles. The van der Waals surface area contributed by atoms with Gasteiger partial charge in [0.25, 0.3) is 0 Å². The van der Waals surface area contributed by atoms with Gasteiger partial charge in [-0.1, -0.05) is 22.9 Å². The molecule has 0 fully saturated rings. The van der Waals surface area contributed by atoms with E-state index in [1.54, 1.807) is 0 Å². The molecule has 0 saturated heterocycles. The van der Waals surface area contributed by atoms with Crippen LogP contribution >= 0.6 is 27.7 Å². The van der Waals surface area contributed by atoms with Crippen LogP contribution in [0.25, 0.3) is 11.0 Å². The second-order valence-electron chi connectivity index (χ2n) is 4.51. The molecule has 0 spiro atoms. The first-order chi connectivity index (χ1) is 8.60. The lowest BCUT2D eigenvalue weighted by Crippen LogP contribution is -2.25. The van der Waals surface area contributed by atoms with Crippen LogP contribution in [0, 0.1) is 0 Å². The summed E-state index contributed by atoms with van der Waals surface area (Å²) in [7, 11) is 0. The molecule has 1 aromatic heterocycles. The fraction of sp³-hybridized carbons (Fsp3) is 0.429. The molecule has 1 heterocycles. The van der Waals surface area contributed by atoms with E-state index in [2.05, 4.69) is 53.5 Å². The summed E-state index contributed by atoms with van der Waals surface area (Å²) in [4.78, 5) is 0. The first-order valence-corrected chi connectivity index (χ1v) is 8.13. The Hall–Kier alpha value is -0.450. The summed E-state index contributed by atoms with van der Waals surface area (Å²) < 4.78 is 6.94. The van der Waals surface area contributed by atoms with Crippen molar-refractivity contribution >= 4 is 38.7 Å². The zero-order chi connectivity index (χ0) is 13.1. The van der Waals surface area contributed by atoms with E-state index in [4.69, 9.17) is 4.42 Å². The number of hydrogen-bond donors (Lipinski definition) is 1. The maximum atomic E-state index is 5.86. The number of thioether (sulfide) groups is 1. The summed E-state index contributed by atoms with van der Waals surface area (Å²) in [6, 6.07) is 8.44. The van der Waals surface area contributed by atoms with Gasteiger partial charge in [-0.3, -0.25) is 0 Å². The Balaban J connectivity index is 2.10. The van der Waals surface area contributed by atoms with E-state index in [0.29, 0.717) is 5.25 Å². The Morgan fingerprint density at radius 2 is 2.11 bits per heavy atom. The molecule has 2 aromatic rings. The summed E-state index contributed by atoms with van der Waals surface area (Å²) in [6.45, 7) is 5.35. The Morgan fingerprint density at radius 3 is 2.83 bits per heavy atom. The van der Waals surface area contributed by atoms with E-state index in [9.17, 15) is 0 Å². The van der Waals surface area contributed by atoms with E-state index >= 15 is 0 Å². The van der Waals surface area contributed by atoms with E-state index in [-0.39, 0.29) is 6.04 Å². The Morgan fingerprint density at radius 1 is 1.33 bits per heavy atom. The normalized spacial score (nSPS) is 14.9. The maximum Gasteiger partial charge on any atom is 0.134 e. The van der Waals surface area contributed by atoms with Gasteiger partial charge in [0.15, 0.2) is 0 Å². The van der Waals surface area contributed by atoms with Gasteiger partial charge in [-0.2, -0.15) is 11.8 Å². The van der Waals surface area contributed by atoms with Gasteiger partial charge in [0.1, 0.15) is 11.3 Å². The van der Waals surface area contributed by atoms with Gasteiger partial charge in [0, 0.05) is 21.7 Å². The number of rotatable bonds is 5. The molecule has 0 aliphatic carbocycles. The molecule has 0 aliphatic heterocycles. The van der Waals surface area contributed by atoms with Gasteiger partial charge in [-0.05, 0) is 37.4 Å². The van der Waals surface area contributed by atoms with Gasteiger partial charge in [0.2, 0.25) is 0 Å². The fourth-order valence-electron chi connectivity index (χ4n) is 1.77. The SMILES string of the molecule is CSC(C)CNC(C)c1cc2cc(Br)ccc2o1. The second kappa shape index (κ2) is 6.13. The van der Waals surface area contributed by atoms with Gasteiger partial charge < -0.3 is 9.73 Å². The summed E-state index contributed by atoms with van der Waals surface area (Å²) in [5, 5.41) is 5.26. The zero-order valence-electron chi connectivity index (χ0n) is 10.9. The predicted octanol–water partition coefficient (Wildman–Crippen LogP) is 4.60. The zero-order valence-corrected chi connectivity index (χ0v) is 13.3. The highest BCUT2D eigenvalue weighted by Gasteiger charge is 2.12. The number of nitrogens with one attached hydrogen (secondary N) is 1. The van der Waals surface area contributed by atoms with Crippen molar-refractivity contribution < 1.29 is 4.42 Å². The van der Waals surface area contributed by atoms with Crippen molar-refractivity contribution in [1.29, 1.82) is 0 Å². The van der Waals surface area contributed by atoms with Crippen LogP contribution in [0.4, 0.5) is 0 Å². The van der Waals surface area contributed by atoms with Crippen molar-refractivity contribution in [3.05, 3.63) is 34.5 Å². The van der Waals surface area contributed by atoms with Crippen LogP contribution in [0.5, 0.6) is 0 Å². The van der Waals surface area contributed by atoms with E-state index in [1.165, 1.54) is 0 Å². The van der Waals surface area contributed by atoms with Crippen molar-refractivity contribution in [3.63, 3.8) is 0 Å². The highest BCUT2D eigenvalue weighted by atomic mass is 79.9. The van der Waals surface area contributed by atoms with Crippen LogP contribution in [-0.4, -0.2) is 18.1 Å². The molecule has 0 amide bonds. The number of furan rings is 1. The topological polar surface area (TPSA) is 25.2 Å². The highest BCUT2D eigenvalue weighted by Crippen LogP contribution is 2.26. The van der Waals surface area contributed by atoms with Crippen molar-refractivity contribution in [2.45, 2.75) is 25.1 Å². The average molecular weight is 328 g/mol. The molecule has 0 radical (unpaired) electrons. The van der Waals surface area contributed by atoms with Crippen molar-refractivity contribution in [1.82, 2.24) is 5.32 Å². The lowest BCUT2D eigenvalue weighted by atomic mass is 10.2. The van der Waals surface area contributed by atoms with Crippen LogP contribution < -0.4 is 5.32 Å². The second-order valence-corrected chi connectivity index (χ2v) is 6.70. The summed E-state index contributed by atoms with van der Waals surface area (Å²) in [5.74, 6) is 0.997. The van der Waals surface area contributed by atoms with Crippen LogP contribution in [0.1, 0.15) is 25.6 Å². The Labute approximate surface area is 121 Å². The van der Waals surface area contributed by atoms with Crippen LogP contribution in [0.3, 0.4) is 0 Å². The molecule has 2 rings (SSSR count). The lowest BCUT2D eigenvalue weighted by molar-refractivity contribution is 0.453. The van der Waals surface area contributed by atoms with Crippen molar-refractivity contribution in [2.24, 2.45) is 0 Å². The predicted molar refractivity (Wildman–Crippen MR) is 83.3 cm³/mol. The quantitative estimate of drug-likeness (QED) is 0.868. The highest BCUT2D eigenvalue weighted by molar-refractivity contribution is 9.10. The molecule has 1 N–H and O–H groups in total. The molecule has 18 heavy (non-hydrogen) atoms. The third kappa shape index (κ3) is 3.31. The number of benzene rings is 1. The molecule has 0 saturated carbocycles. The van der Waals surface area contributed by atoms with Crippen LogP contribution in [0.2, 0.25) is 0 Å². The number of halogens is 1. The Kier molecular flexibility index (Phi) is 4.76. The summed E-state index contributed by atoms with van der Waals surface area (Å²) in [5.41, 5.74) is 0.944. The molecule has 2 atom stereocenters. The molecule has 98 valence electrons. The third-order valence-electron chi connectivity index (χ3n) is 3.04. The van der Waals surface area contributed by atoms with E-state index in [1.807, 2.05) is 23.9 Å². The van der Waals surface area contributed by atoms with Crippen LogP contribution in [-0.2, 0) is 0 Å². The minimum absolute atomic E-state index is 0.241. The smallest absolute Gasteiger partial charge is 0.134 e. The largest absolute Gasteiger partial charge is 0.459 e. The van der Waals surface area contributed by atoms with Crippen molar-refractivity contribution in [3.8, 4) is 0 Å². The molecular formula is C14H18BrNOS. The van der Waals surface area contributed by atoms with E-state index in [0.717, 1.165) is 27.7 Å². The first-order valence-electron chi connectivity index (χ1n) is 6.05. The first kappa shape index (κ1) is 14.0. The molecule has 2 nitrogen and oxygen atoms in total.